The molecule has 0 spiro atoms. The highest BCUT2D eigenvalue weighted by atomic mass is 19.3. The highest BCUT2D eigenvalue weighted by Crippen LogP contribution is 2.35. The second kappa shape index (κ2) is 7.16. The van der Waals surface area contributed by atoms with E-state index in [1.165, 1.54) is 6.08 Å². The predicted octanol–water partition coefficient (Wildman–Crippen LogP) is 5.63. The summed E-state index contributed by atoms with van der Waals surface area (Å²) >= 11 is 0. The van der Waals surface area contributed by atoms with E-state index in [0.717, 1.165) is 6.07 Å². The van der Waals surface area contributed by atoms with Crippen LogP contribution >= 0.6 is 0 Å². The van der Waals surface area contributed by atoms with Gasteiger partial charge in [0.05, 0.1) is 0 Å². The molecule has 1 nitrogen and oxygen atoms in total. The molecule has 0 amide bonds. The lowest BCUT2D eigenvalue weighted by molar-refractivity contribution is -0.188. The second-order valence-corrected chi connectivity index (χ2v) is 5.05. The molecule has 2 aromatic carbocycles. The SMILES string of the molecule is C=CCCc1ccc(C(F)(F)Oc2cc(F)c(F)c(F)c2)c(F)c1F. The van der Waals surface area contributed by atoms with Gasteiger partial charge in [-0.1, -0.05) is 12.1 Å². The van der Waals surface area contributed by atoms with Gasteiger partial charge in [-0.15, -0.1) is 6.58 Å². The fourth-order valence-corrected chi connectivity index (χ4v) is 2.06. The Morgan fingerprint density at radius 3 is 2.08 bits per heavy atom. The first-order valence-electron chi connectivity index (χ1n) is 6.97. The van der Waals surface area contributed by atoms with Crippen LogP contribution in [0.25, 0.3) is 0 Å². The van der Waals surface area contributed by atoms with Crippen molar-refractivity contribution in [1.29, 1.82) is 0 Å². The maximum Gasteiger partial charge on any atom is 0.429 e. The third-order valence-electron chi connectivity index (χ3n) is 3.30. The number of rotatable bonds is 6. The number of halogens is 7. The van der Waals surface area contributed by atoms with E-state index in [1.54, 1.807) is 0 Å². The normalized spacial score (nSPS) is 11.5. The summed E-state index contributed by atoms with van der Waals surface area (Å²) in [5.74, 6) is -9.83. The molecule has 0 bridgehead atoms. The van der Waals surface area contributed by atoms with Crippen LogP contribution in [0.15, 0.2) is 36.9 Å². The smallest absolute Gasteiger partial charge is 0.429 e. The van der Waals surface area contributed by atoms with Gasteiger partial charge in [0.25, 0.3) is 0 Å². The van der Waals surface area contributed by atoms with Crippen molar-refractivity contribution in [3.8, 4) is 5.75 Å². The van der Waals surface area contributed by atoms with Gasteiger partial charge in [-0.05, 0) is 24.5 Å². The van der Waals surface area contributed by atoms with Crippen molar-refractivity contribution < 1.29 is 35.5 Å². The van der Waals surface area contributed by atoms with Crippen LogP contribution in [0.4, 0.5) is 30.7 Å². The number of hydrogen-bond acceptors (Lipinski definition) is 1. The number of allylic oxidation sites excluding steroid dienone is 1. The molecule has 2 rings (SSSR count). The summed E-state index contributed by atoms with van der Waals surface area (Å²) in [5, 5.41) is 0. The van der Waals surface area contributed by atoms with E-state index >= 15 is 0 Å². The maximum atomic E-state index is 14.0. The monoisotopic (exact) mass is 364 g/mol. The van der Waals surface area contributed by atoms with E-state index in [9.17, 15) is 30.7 Å². The van der Waals surface area contributed by atoms with Gasteiger partial charge in [0, 0.05) is 12.1 Å². The van der Waals surface area contributed by atoms with E-state index in [1.807, 2.05) is 0 Å². The molecule has 0 saturated heterocycles. The van der Waals surface area contributed by atoms with Gasteiger partial charge in [-0.2, -0.15) is 8.78 Å². The van der Waals surface area contributed by atoms with Gasteiger partial charge in [-0.3, -0.25) is 0 Å². The lowest BCUT2D eigenvalue weighted by Crippen LogP contribution is -2.24. The molecule has 0 atom stereocenters. The molecule has 0 radical (unpaired) electrons. The minimum Gasteiger partial charge on any atom is -0.429 e. The third kappa shape index (κ3) is 3.94. The van der Waals surface area contributed by atoms with Gasteiger partial charge in [-0.25, -0.2) is 22.0 Å². The van der Waals surface area contributed by atoms with Crippen molar-refractivity contribution in [2.75, 3.05) is 0 Å². The molecule has 0 aromatic heterocycles. The molecule has 8 heteroatoms. The summed E-state index contributed by atoms with van der Waals surface area (Å²) in [6.45, 7) is 3.41. The minimum atomic E-state index is -4.45. The van der Waals surface area contributed by atoms with Gasteiger partial charge in [0.1, 0.15) is 11.3 Å². The van der Waals surface area contributed by atoms with Crippen LogP contribution in [0.2, 0.25) is 0 Å². The standard InChI is InChI=1S/C17H11F7O/c1-2-3-4-9-5-6-11(15(21)14(9)20)17(23,24)25-10-7-12(18)16(22)13(19)8-10/h2,5-8H,1,3-4H2. The molecule has 134 valence electrons. The molecule has 0 aliphatic heterocycles. The van der Waals surface area contributed by atoms with E-state index in [0.29, 0.717) is 12.5 Å². The fourth-order valence-electron chi connectivity index (χ4n) is 2.06. The molecule has 0 saturated carbocycles. The van der Waals surface area contributed by atoms with Crippen LogP contribution in [0.5, 0.6) is 5.75 Å². The fraction of sp³-hybridized carbons (Fsp3) is 0.176. The summed E-state index contributed by atoms with van der Waals surface area (Å²) in [7, 11) is 0. The lowest BCUT2D eigenvalue weighted by Gasteiger charge is -2.20. The maximum absolute atomic E-state index is 14.0. The molecule has 0 heterocycles. The van der Waals surface area contributed by atoms with Crippen LogP contribution in [0.1, 0.15) is 17.5 Å². The van der Waals surface area contributed by atoms with Crippen molar-refractivity contribution >= 4 is 0 Å². The summed E-state index contributed by atoms with van der Waals surface area (Å²) in [6.07, 6.45) is -2.65. The van der Waals surface area contributed by atoms with Crippen molar-refractivity contribution in [3.05, 3.63) is 77.1 Å². The van der Waals surface area contributed by atoms with E-state index in [-0.39, 0.29) is 24.1 Å². The van der Waals surface area contributed by atoms with Crippen molar-refractivity contribution in [2.24, 2.45) is 0 Å². The highest BCUT2D eigenvalue weighted by Gasteiger charge is 2.39. The Labute approximate surface area is 138 Å². The number of alkyl halides is 2. The van der Waals surface area contributed by atoms with Crippen LogP contribution in [-0.4, -0.2) is 0 Å². The number of aryl methyl sites for hydroxylation is 1. The number of hydrogen-bond donors (Lipinski definition) is 0. The largest absolute Gasteiger partial charge is 0.429 e. The number of ether oxygens (including phenoxy) is 1. The molecule has 0 N–H and O–H groups in total. The molecular weight excluding hydrogens is 353 g/mol. The zero-order chi connectivity index (χ0) is 18.8. The van der Waals surface area contributed by atoms with Crippen LogP contribution < -0.4 is 4.74 Å². The van der Waals surface area contributed by atoms with Crippen molar-refractivity contribution in [2.45, 2.75) is 19.0 Å². The van der Waals surface area contributed by atoms with Crippen LogP contribution in [0, 0.1) is 29.1 Å². The Hall–Kier alpha value is -2.51. The zero-order valence-electron chi connectivity index (χ0n) is 12.6. The Morgan fingerprint density at radius 2 is 1.52 bits per heavy atom. The first kappa shape index (κ1) is 18.8. The Morgan fingerprint density at radius 1 is 0.920 bits per heavy atom. The average molecular weight is 364 g/mol. The Balaban J connectivity index is 2.36. The Bertz CT molecular complexity index is 779. The van der Waals surface area contributed by atoms with Gasteiger partial charge < -0.3 is 4.74 Å². The van der Waals surface area contributed by atoms with Gasteiger partial charge in [0.2, 0.25) is 0 Å². The van der Waals surface area contributed by atoms with Crippen molar-refractivity contribution in [3.63, 3.8) is 0 Å². The summed E-state index contributed by atoms with van der Waals surface area (Å²) in [6, 6.07) is 1.88. The number of benzene rings is 2. The van der Waals surface area contributed by atoms with E-state index in [2.05, 4.69) is 11.3 Å². The second-order valence-electron chi connectivity index (χ2n) is 5.05. The molecule has 25 heavy (non-hydrogen) atoms. The summed E-state index contributed by atoms with van der Waals surface area (Å²) in [4.78, 5) is 0. The summed E-state index contributed by atoms with van der Waals surface area (Å²) < 4.78 is 98.9. The molecular formula is C17H11F7O. The molecule has 0 unspecified atom stereocenters. The minimum absolute atomic E-state index is 0.0490. The van der Waals surface area contributed by atoms with Crippen molar-refractivity contribution in [1.82, 2.24) is 0 Å². The van der Waals surface area contributed by atoms with E-state index in [4.69, 9.17) is 0 Å². The van der Waals surface area contributed by atoms with Gasteiger partial charge in [0.15, 0.2) is 29.1 Å². The first-order valence-corrected chi connectivity index (χ1v) is 6.97. The third-order valence-corrected chi connectivity index (χ3v) is 3.30. The predicted molar refractivity (Wildman–Crippen MR) is 75.7 cm³/mol. The quantitative estimate of drug-likeness (QED) is 0.367. The van der Waals surface area contributed by atoms with Crippen LogP contribution in [0.3, 0.4) is 0 Å². The Kier molecular flexibility index (Phi) is 5.39. The molecule has 2 aromatic rings. The molecule has 0 fully saturated rings. The zero-order valence-corrected chi connectivity index (χ0v) is 12.6. The lowest BCUT2D eigenvalue weighted by atomic mass is 10.0. The van der Waals surface area contributed by atoms with Crippen LogP contribution in [-0.2, 0) is 12.5 Å². The van der Waals surface area contributed by atoms with Gasteiger partial charge >= 0.3 is 6.11 Å². The topological polar surface area (TPSA) is 9.23 Å². The van der Waals surface area contributed by atoms with E-state index < -0.39 is 46.5 Å². The first-order chi connectivity index (χ1) is 11.7. The molecule has 0 aliphatic carbocycles. The average Bonchev–Trinajstić information content (AvgIpc) is 2.53. The summed E-state index contributed by atoms with van der Waals surface area (Å²) in [5.41, 5.74) is -1.60. The highest BCUT2D eigenvalue weighted by molar-refractivity contribution is 5.31. The molecule has 0 aliphatic rings.